The highest BCUT2D eigenvalue weighted by molar-refractivity contribution is 7.13. The normalized spacial score (nSPS) is 20.2. The van der Waals surface area contributed by atoms with Crippen molar-refractivity contribution in [2.45, 2.75) is 25.3 Å². The molecule has 7 heteroatoms. The van der Waals surface area contributed by atoms with Crippen LogP contribution in [0.1, 0.15) is 29.8 Å². The summed E-state index contributed by atoms with van der Waals surface area (Å²) in [6, 6.07) is 6.21. The third-order valence-corrected chi connectivity index (χ3v) is 6.35. The van der Waals surface area contributed by atoms with E-state index in [-0.39, 0.29) is 5.91 Å². The van der Waals surface area contributed by atoms with Crippen LogP contribution in [0.3, 0.4) is 0 Å². The van der Waals surface area contributed by atoms with Crippen LogP contribution in [0.4, 0.5) is 0 Å². The fourth-order valence-electron chi connectivity index (χ4n) is 3.97. The lowest BCUT2D eigenvalue weighted by atomic mass is 10.2. The first-order valence-electron chi connectivity index (χ1n) is 9.41. The summed E-state index contributed by atoms with van der Waals surface area (Å²) in [5.41, 5.74) is 1.46. The Balaban J connectivity index is 1.47. The first kappa shape index (κ1) is 18.3. The number of ether oxygens (including phenoxy) is 2. The lowest BCUT2D eigenvalue weighted by Gasteiger charge is -2.23. The molecule has 1 atom stereocenters. The van der Waals surface area contributed by atoms with E-state index < -0.39 is 0 Å². The van der Waals surface area contributed by atoms with Crippen LogP contribution in [0.5, 0.6) is 11.5 Å². The Bertz CT molecular complexity index is 817. The van der Waals surface area contributed by atoms with Crippen LogP contribution >= 0.6 is 11.3 Å². The van der Waals surface area contributed by atoms with Crippen molar-refractivity contribution >= 4 is 17.2 Å². The highest BCUT2D eigenvalue weighted by atomic mass is 32.1. The number of carbonyl (C=O) groups excluding carboxylic acids is 1. The van der Waals surface area contributed by atoms with E-state index in [1.54, 1.807) is 14.2 Å². The summed E-state index contributed by atoms with van der Waals surface area (Å²) in [6.45, 7) is 3.99. The molecule has 2 aliphatic heterocycles. The second kappa shape index (κ2) is 7.86. The van der Waals surface area contributed by atoms with Crippen molar-refractivity contribution in [3.63, 3.8) is 0 Å². The predicted molar refractivity (Wildman–Crippen MR) is 106 cm³/mol. The zero-order chi connectivity index (χ0) is 18.8. The van der Waals surface area contributed by atoms with E-state index in [0.29, 0.717) is 23.2 Å². The van der Waals surface area contributed by atoms with Crippen LogP contribution in [-0.4, -0.2) is 67.1 Å². The summed E-state index contributed by atoms with van der Waals surface area (Å²) >= 11 is 1.48. The fourth-order valence-corrected chi connectivity index (χ4v) is 4.76. The van der Waals surface area contributed by atoms with Gasteiger partial charge >= 0.3 is 0 Å². The number of benzene rings is 1. The van der Waals surface area contributed by atoms with Crippen LogP contribution < -0.4 is 9.47 Å². The molecule has 3 heterocycles. The van der Waals surface area contributed by atoms with Crippen molar-refractivity contribution in [3.05, 3.63) is 29.3 Å². The molecule has 6 nitrogen and oxygen atoms in total. The first-order valence-corrected chi connectivity index (χ1v) is 10.3. The van der Waals surface area contributed by atoms with Gasteiger partial charge in [0.25, 0.3) is 5.91 Å². The van der Waals surface area contributed by atoms with E-state index in [2.05, 4.69) is 9.88 Å². The van der Waals surface area contributed by atoms with Gasteiger partial charge in [0, 0.05) is 30.1 Å². The van der Waals surface area contributed by atoms with Gasteiger partial charge in [-0.05, 0) is 50.6 Å². The van der Waals surface area contributed by atoms with Gasteiger partial charge in [-0.25, -0.2) is 4.98 Å². The molecule has 0 spiro atoms. The highest BCUT2D eigenvalue weighted by Gasteiger charge is 2.32. The lowest BCUT2D eigenvalue weighted by Crippen LogP contribution is -2.37. The van der Waals surface area contributed by atoms with Gasteiger partial charge in [-0.1, -0.05) is 0 Å². The van der Waals surface area contributed by atoms with Crippen molar-refractivity contribution < 1.29 is 14.3 Å². The summed E-state index contributed by atoms with van der Waals surface area (Å²) in [5, 5.41) is 2.67. The number of likely N-dealkylation sites (tertiary alicyclic amines) is 2. The van der Waals surface area contributed by atoms with Gasteiger partial charge in [-0.15, -0.1) is 11.3 Å². The molecule has 4 rings (SSSR count). The van der Waals surface area contributed by atoms with Gasteiger partial charge < -0.3 is 14.4 Å². The summed E-state index contributed by atoms with van der Waals surface area (Å²) in [4.78, 5) is 22.0. The van der Waals surface area contributed by atoms with E-state index >= 15 is 0 Å². The topological polar surface area (TPSA) is 54.9 Å². The minimum atomic E-state index is 0.0414. The summed E-state index contributed by atoms with van der Waals surface area (Å²) in [5.74, 6) is 1.38. The second-order valence-corrected chi connectivity index (χ2v) is 7.90. The maximum Gasteiger partial charge on any atom is 0.273 e. The van der Waals surface area contributed by atoms with Crippen molar-refractivity contribution in [1.82, 2.24) is 14.8 Å². The van der Waals surface area contributed by atoms with Crippen LogP contribution in [0.2, 0.25) is 0 Å². The number of carbonyl (C=O) groups is 1. The largest absolute Gasteiger partial charge is 0.493 e. The Morgan fingerprint density at radius 2 is 1.93 bits per heavy atom. The monoisotopic (exact) mass is 387 g/mol. The molecule has 144 valence electrons. The van der Waals surface area contributed by atoms with Crippen molar-refractivity contribution in [1.29, 1.82) is 0 Å². The highest BCUT2D eigenvalue weighted by Crippen LogP contribution is 2.34. The van der Waals surface area contributed by atoms with E-state index in [1.807, 2.05) is 28.5 Å². The van der Waals surface area contributed by atoms with Gasteiger partial charge in [-0.2, -0.15) is 0 Å². The minimum absolute atomic E-state index is 0.0414. The Hall–Kier alpha value is -2.12. The number of aromatic nitrogens is 1. The van der Waals surface area contributed by atoms with Crippen LogP contribution in [-0.2, 0) is 0 Å². The van der Waals surface area contributed by atoms with Crippen LogP contribution in [0, 0.1) is 0 Å². The third-order valence-electron chi connectivity index (χ3n) is 5.46. The molecular formula is C20H25N3O3S. The number of hydrogen-bond acceptors (Lipinski definition) is 6. The van der Waals surface area contributed by atoms with Gasteiger partial charge in [0.1, 0.15) is 10.7 Å². The molecule has 1 amide bonds. The van der Waals surface area contributed by atoms with Crippen molar-refractivity contribution in [2.24, 2.45) is 0 Å². The number of thiazole rings is 1. The quantitative estimate of drug-likeness (QED) is 0.789. The molecule has 0 radical (unpaired) electrons. The molecule has 2 aliphatic rings. The maximum atomic E-state index is 12.9. The smallest absolute Gasteiger partial charge is 0.273 e. The zero-order valence-electron chi connectivity index (χ0n) is 15.8. The minimum Gasteiger partial charge on any atom is -0.493 e. The summed E-state index contributed by atoms with van der Waals surface area (Å²) in [7, 11) is 3.23. The van der Waals surface area contributed by atoms with Gasteiger partial charge in [0.15, 0.2) is 11.5 Å². The number of nitrogens with zero attached hydrogens (tertiary/aromatic N) is 3. The molecule has 27 heavy (non-hydrogen) atoms. The SMILES string of the molecule is COc1ccc(-c2nc(C(=O)N3CC[C@@H](N4CCCC4)C3)cs2)cc1OC. The third kappa shape index (κ3) is 3.66. The molecule has 0 saturated carbocycles. The average molecular weight is 388 g/mol. The zero-order valence-corrected chi connectivity index (χ0v) is 16.6. The Morgan fingerprint density at radius 1 is 1.15 bits per heavy atom. The Kier molecular flexibility index (Phi) is 5.31. The van der Waals surface area contributed by atoms with Crippen molar-refractivity contribution in [3.8, 4) is 22.1 Å². The molecule has 0 bridgehead atoms. The van der Waals surface area contributed by atoms with E-state index in [1.165, 1.54) is 37.3 Å². The first-order chi connectivity index (χ1) is 13.2. The number of amides is 1. The lowest BCUT2D eigenvalue weighted by molar-refractivity contribution is 0.0775. The molecule has 2 fully saturated rings. The predicted octanol–water partition coefficient (Wildman–Crippen LogP) is 3.14. The molecule has 2 saturated heterocycles. The summed E-state index contributed by atoms with van der Waals surface area (Å²) < 4.78 is 10.6. The van der Waals surface area contributed by atoms with Gasteiger partial charge in [0.05, 0.1) is 14.2 Å². The molecule has 1 aromatic heterocycles. The van der Waals surface area contributed by atoms with Gasteiger partial charge in [-0.3, -0.25) is 9.69 Å². The molecule has 0 unspecified atom stereocenters. The van der Waals surface area contributed by atoms with E-state index in [9.17, 15) is 4.79 Å². The fraction of sp³-hybridized carbons (Fsp3) is 0.500. The molecular weight excluding hydrogens is 362 g/mol. The Morgan fingerprint density at radius 3 is 2.67 bits per heavy atom. The van der Waals surface area contributed by atoms with Crippen molar-refractivity contribution in [2.75, 3.05) is 40.4 Å². The number of hydrogen-bond donors (Lipinski definition) is 0. The Labute approximate surface area is 163 Å². The van der Waals surface area contributed by atoms with Gasteiger partial charge in [0.2, 0.25) is 0 Å². The number of rotatable bonds is 5. The van der Waals surface area contributed by atoms with E-state index in [4.69, 9.17) is 9.47 Å². The molecule has 1 aromatic carbocycles. The number of methoxy groups -OCH3 is 2. The maximum absolute atomic E-state index is 12.9. The molecule has 2 aromatic rings. The summed E-state index contributed by atoms with van der Waals surface area (Å²) in [6.07, 6.45) is 3.63. The van der Waals surface area contributed by atoms with E-state index in [0.717, 1.165) is 30.1 Å². The molecule has 0 N–H and O–H groups in total. The second-order valence-electron chi connectivity index (χ2n) is 7.04. The van der Waals surface area contributed by atoms with Crippen LogP contribution in [0.15, 0.2) is 23.6 Å². The average Bonchev–Trinajstić information content (AvgIpc) is 3.47. The standard InChI is InChI=1S/C20H25N3O3S/c1-25-17-6-5-14(11-18(17)26-2)19-21-16(13-27-19)20(24)23-10-7-15(12-23)22-8-3-4-9-22/h5-6,11,13,15H,3-4,7-10,12H2,1-2H3/t15-/m1/s1. The van der Waals surface area contributed by atoms with Crippen LogP contribution in [0.25, 0.3) is 10.6 Å². The molecule has 0 aliphatic carbocycles.